The molecule has 1 aromatic heterocycles. The molecule has 0 saturated heterocycles. The lowest BCUT2D eigenvalue weighted by Gasteiger charge is -2.07. The number of pyridine rings is 1. The lowest BCUT2D eigenvalue weighted by atomic mass is 10.1. The summed E-state index contributed by atoms with van der Waals surface area (Å²) in [6.07, 6.45) is 2.58. The standard InChI is InChI=1S/C13H11BrClNO/c1-2-9-7-11(4-5-12(9)15)17-13-6-3-10(14)8-16-13/h3-8H,2H2,1H3. The Morgan fingerprint density at radius 2 is 2.12 bits per heavy atom. The monoisotopic (exact) mass is 311 g/mol. The van der Waals surface area contributed by atoms with E-state index in [1.807, 2.05) is 30.3 Å². The van der Waals surface area contributed by atoms with Gasteiger partial charge in [0.25, 0.3) is 0 Å². The second-order valence-electron chi connectivity index (χ2n) is 3.52. The van der Waals surface area contributed by atoms with Crippen LogP contribution in [0.5, 0.6) is 11.6 Å². The van der Waals surface area contributed by atoms with Crippen LogP contribution in [0.3, 0.4) is 0 Å². The van der Waals surface area contributed by atoms with Crippen LogP contribution in [0, 0.1) is 0 Å². The van der Waals surface area contributed by atoms with Crippen molar-refractivity contribution in [3.8, 4) is 11.6 Å². The Morgan fingerprint density at radius 1 is 1.29 bits per heavy atom. The smallest absolute Gasteiger partial charge is 0.219 e. The molecule has 1 aromatic carbocycles. The molecule has 0 saturated carbocycles. The number of benzene rings is 1. The van der Waals surface area contributed by atoms with Crippen molar-refractivity contribution in [3.05, 3.63) is 51.6 Å². The van der Waals surface area contributed by atoms with Gasteiger partial charge in [-0.25, -0.2) is 4.98 Å². The summed E-state index contributed by atoms with van der Waals surface area (Å²) in [4.78, 5) is 4.15. The first-order chi connectivity index (χ1) is 8.19. The molecule has 0 fully saturated rings. The molecule has 0 unspecified atom stereocenters. The molecular weight excluding hydrogens is 302 g/mol. The molecule has 0 aliphatic carbocycles. The minimum atomic E-state index is 0.567. The summed E-state index contributed by atoms with van der Waals surface area (Å²) in [5, 5.41) is 0.767. The number of halogens is 2. The summed E-state index contributed by atoms with van der Waals surface area (Å²) in [6.45, 7) is 2.06. The summed E-state index contributed by atoms with van der Waals surface area (Å²) >= 11 is 9.37. The fourth-order valence-electron chi connectivity index (χ4n) is 1.43. The zero-order valence-corrected chi connectivity index (χ0v) is 11.6. The number of nitrogens with zero attached hydrogens (tertiary/aromatic N) is 1. The highest BCUT2D eigenvalue weighted by molar-refractivity contribution is 9.10. The minimum Gasteiger partial charge on any atom is -0.439 e. The van der Waals surface area contributed by atoms with Gasteiger partial charge in [0, 0.05) is 21.8 Å². The first-order valence-corrected chi connectivity index (χ1v) is 6.44. The molecular formula is C13H11BrClNO. The van der Waals surface area contributed by atoms with E-state index in [4.69, 9.17) is 16.3 Å². The zero-order chi connectivity index (χ0) is 12.3. The van der Waals surface area contributed by atoms with Crippen molar-refractivity contribution in [3.63, 3.8) is 0 Å². The van der Waals surface area contributed by atoms with Gasteiger partial charge in [-0.05, 0) is 52.2 Å². The lowest BCUT2D eigenvalue weighted by Crippen LogP contribution is -1.89. The zero-order valence-electron chi connectivity index (χ0n) is 9.28. The molecule has 0 atom stereocenters. The van der Waals surface area contributed by atoms with Gasteiger partial charge in [0.1, 0.15) is 5.75 Å². The molecule has 0 aliphatic heterocycles. The third-order valence-corrected chi connectivity index (χ3v) is 3.16. The van der Waals surface area contributed by atoms with Gasteiger partial charge >= 0.3 is 0 Å². The molecule has 88 valence electrons. The van der Waals surface area contributed by atoms with Crippen LogP contribution in [-0.2, 0) is 6.42 Å². The Labute approximate surface area is 114 Å². The van der Waals surface area contributed by atoms with Gasteiger partial charge in [0.05, 0.1) is 0 Å². The molecule has 0 amide bonds. The molecule has 2 rings (SSSR count). The average Bonchev–Trinajstić information content (AvgIpc) is 2.34. The van der Waals surface area contributed by atoms with Gasteiger partial charge in [-0.1, -0.05) is 18.5 Å². The molecule has 1 heterocycles. The van der Waals surface area contributed by atoms with Gasteiger partial charge < -0.3 is 4.74 Å². The molecule has 0 spiro atoms. The van der Waals surface area contributed by atoms with Crippen LogP contribution in [0.15, 0.2) is 41.0 Å². The summed E-state index contributed by atoms with van der Waals surface area (Å²) < 4.78 is 6.57. The number of hydrogen-bond donors (Lipinski definition) is 0. The van der Waals surface area contributed by atoms with E-state index in [-0.39, 0.29) is 0 Å². The summed E-state index contributed by atoms with van der Waals surface area (Å²) in [5.74, 6) is 1.32. The Kier molecular flexibility index (Phi) is 4.02. The Morgan fingerprint density at radius 3 is 2.76 bits per heavy atom. The van der Waals surface area contributed by atoms with Gasteiger partial charge in [-0.3, -0.25) is 0 Å². The fraction of sp³-hybridized carbons (Fsp3) is 0.154. The predicted octanol–water partition coefficient (Wildman–Crippen LogP) is 4.85. The summed E-state index contributed by atoms with van der Waals surface area (Å²) in [7, 11) is 0. The maximum atomic E-state index is 6.04. The number of ether oxygens (including phenoxy) is 1. The molecule has 2 aromatic rings. The van der Waals surface area contributed by atoms with Crippen molar-refractivity contribution < 1.29 is 4.74 Å². The average molecular weight is 313 g/mol. The van der Waals surface area contributed by atoms with Crippen LogP contribution < -0.4 is 4.74 Å². The van der Waals surface area contributed by atoms with E-state index in [1.54, 1.807) is 6.20 Å². The normalized spacial score (nSPS) is 10.3. The van der Waals surface area contributed by atoms with Gasteiger partial charge in [-0.2, -0.15) is 0 Å². The van der Waals surface area contributed by atoms with Crippen LogP contribution in [-0.4, -0.2) is 4.98 Å². The largest absolute Gasteiger partial charge is 0.439 e. The molecule has 0 bridgehead atoms. The summed E-state index contributed by atoms with van der Waals surface area (Å²) in [6, 6.07) is 9.31. The summed E-state index contributed by atoms with van der Waals surface area (Å²) in [5.41, 5.74) is 1.07. The van der Waals surface area contributed by atoms with E-state index in [1.165, 1.54) is 0 Å². The van der Waals surface area contributed by atoms with Gasteiger partial charge in [-0.15, -0.1) is 0 Å². The first-order valence-electron chi connectivity index (χ1n) is 5.27. The highest BCUT2D eigenvalue weighted by atomic mass is 79.9. The van der Waals surface area contributed by atoms with E-state index in [2.05, 4.69) is 27.8 Å². The van der Waals surface area contributed by atoms with E-state index < -0.39 is 0 Å². The second-order valence-corrected chi connectivity index (χ2v) is 4.85. The van der Waals surface area contributed by atoms with Gasteiger partial charge in [0.2, 0.25) is 5.88 Å². The van der Waals surface area contributed by atoms with Crippen molar-refractivity contribution in [1.82, 2.24) is 4.98 Å². The Hall–Kier alpha value is -1.06. The maximum absolute atomic E-state index is 6.04. The van der Waals surface area contributed by atoms with Crippen molar-refractivity contribution in [2.24, 2.45) is 0 Å². The quantitative estimate of drug-likeness (QED) is 0.808. The molecule has 0 N–H and O–H groups in total. The lowest BCUT2D eigenvalue weighted by molar-refractivity contribution is 0.462. The number of aryl methyl sites for hydroxylation is 1. The molecule has 0 aliphatic rings. The molecule has 2 nitrogen and oxygen atoms in total. The molecule has 0 radical (unpaired) electrons. The van der Waals surface area contributed by atoms with Crippen molar-refractivity contribution in [1.29, 1.82) is 0 Å². The highest BCUT2D eigenvalue weighted by Gasteiger charge is 2.03. The third-order valence-electron chi connectivity index (χ3n) is 2.32. The number of rotatable bonds is 3. The van der Waals surface area contributed by atoms with Crippen LogP contribution in [0.25, 0.3) is 0 Å². The van der Waals surface area contributed by atoms with Crippen molar-refractivity contribution in [2.75, 3.05) is 0 Å². The van der Waals surface area contributed by atoms with E-state index >= 15 is 0 Å². The topological polar surface area (TPSA) is 22.1 Å². The van der Waals surface area contributed by atoms with E-state index in [0.717, 1.165) is 27.2 Å². The number of aromatic nitrogens is 1. The van der Waals surface area contributed by atoms with E-state index in [0.29, 0.717) is 5.88 Å². The van der Waals surface area contributed by atoms with E-state index in [9.17, 15) is 0 Å². The predicted molar refractivity (Wildman–Crippen MR) is 72.8 cm³/mol. The van der Waals surface area contributed by atoms with Crippen LogP contribution in [0.1, 0.15) is 12.5 Å². The SMILES string of the molecule is CCc1cc(Oc2ccc(Br)cn2)ccc1Cl. The fourth-order valence-corrected chi connectivity index (χ4v) is 1.91. The number of hydrogen-bond acceptors (Lipinski definition) is 2. The van der Waals surface area contributed by atoms with Gasteiger partial charge in [0.15, 0.2) is 0 Å². The molecule has 4 heteroatoms. The first kappa shape index (κ1) is 12.4. The van der Waals surface area contributed by atoms with Crippen molar-refractivity contribution >= 4 is 27.5 Å². The minimum absolute atomic E-state index is 0.567. The Bertz CT molecular complexity index is 513. The van der Waals surface area contributed by atoms with Crippen LogP contribution in [0.4, 0.5) is 0 Å². The van der Waals surface area contributed by atoms with Crippen molar-refractivity contribution in [2.45, 2.75) is 13.3 Å². The van der Waals surface area contributed by atoms with Crippen LogP contribution in [0.2, 0.25) is 5.02 Å². The second kappa shape index (κ2) is 5.52. The Balaban J connectivity index is 2.21. The highest BCUT2D eigenvalue weighted by Crippen LogP contribution is 2.26. The van der Waals surface area contributed by atoms with Crippen LogP contribution >= 0.6 is 27.5 Å². The molecule has 17 heavy (non-hydrogen) atoms. The third kappa shape index (κ3) is 3.20. The maximum Gasteiger partial charge on any atom is 0.219 e.